The fourth-order valence-electron chi connectivity index (χ4n) is 1.04. The summed E-state index contributed by atoms with van der Waals surface area (Å²) in [6, 6.07) is 0. The number of esters is 2. The van der Waals surface area contributed by atoms with Gasteiger partial charge in [-0.2, -0.15) is 0 Å². The van der Waals surface area contributed by atoms with Gasteiger partial charge in [0.05, 0.1) is 19.6 Å². The van der Waals surface area contributed by atoms with Crippen molar-refractivity contribution in [2.75, 3.05) is 14.2 Å². The van der Waals surface area contributed by atoms with E-state index in [0.29, 0.717) is 0 Å². The van der Waals surface area contributed by atoms with Crippen LogP contribution in [0.25, 0.3) is 0 Å². The summed E-state index contributed by atoms with van der Waals surface area (Å²) in [6.45, 7) is 4.59. The van der Waals surface area contributed by atoms with E-state index in [2.05, 4.69) is 9.47 Å². The van der Waals surface area contributed by atoms with Gasteiger partial charge in [0.1, 0.15) is 0 Å². The molecule has 0 aliphatic rings. The Bertz CT molecular complexity index is 280. The molecule has 0 aromatic heterocycles. The van der Waals surface area contributed by atoms with Gasteiger partial charge < -0.3 is 9.47 Å². The van der Waals surface area contributed by atoms with Gasteiger partial charge in [0.25, 0.3) is 0 Å². The fraction of sp³-hybridized carbons (Fsp3) is 0.700. The molecule has 5 heteroatoms. The minimum absolute atomic E-state index is 0.535. The van der Waals surface area contributed by atoms with Crippen molar-refractivity contribution in [2.24, 2.45) is 11.3 Å². The van der Waals surface area contributed by atoms with Crippen LogP contribution < -0.4 is 0 Å². The lowest BCUT2D eigenvalue weighted by atomic mass is 9.77. The smallest absolute Gasteiger partial charge is 0.374 e. The maximum atomic E-state index is 11.5. The molecular weight excluding hydrogens is 200 g/mol. The number of ether oxygens (including phenoxy) is 2. The third-order valence-electron chi connectivity index (χ3n) is 2.57. The summed E-state index contributed by atoms with van der Waals surface area (Å²) in [6.07, 6.45) is 0. The SMILES string of the molecule is COC(=O)C(=O)C(C)C(C)(C)C(=O)OC. The highest BCUT2D eigenvalue weighted by molar-refractivity contribution is 6.34. The molecule has 0 radical (unpaired) electrons. The van der Waals surface area contributed by atoms with Crippen molar-refractivity contribution < 1.29 is 23.9 Å². The zero-order valence-corrected chi connectivity index (χ0v) is 9.62. The second-order valence-corrected chi connectivity index (χ2v) is 3.79. The highest BCUT2D eigenvalue weighted by Gasteiger charge is 2.41. The predicted molar refractivity (Wildman–Crippen MR) is 52.0 cm³/mol. The lowest BCUT2D eigenvalue weighted by molar-refractivity contribution is -0.161. The minimum atomic E-state index is -1.04. The Labute approximate surface area is 88.7 Å². The predicted octanol–water partition coefficient (Wildman–Crippen LogP) is 0.564. The van der Waals surface area contributed by atoms with Crippen LogP contribution in [0.2, 0.25) is 0 Å². The fourth-order valence-corrected chi connectivity index (χ4v) is 1.04. The summed E-state index contributed by atoms with van der Waals surface area (Å²) in [4.78, 5) is 33.8. The van der Waals surface area contributed by atoms with Crippen molar-refractivity contribution in [3.63, 3.8) is 0 Å². The Balaban J connectivity index is 4.84. The van der Waals surface area contributed by atoms with Crippen LogP contribution in [0.1, 0.15) is 20.8 Å². The van der Waals surface area contributed by atoms with Crippen molar-refractivity contribution in [3.8, 4) is 0 Å². The topological polar surface area (TPSA) is 69.7 Å². The molecule has 0 rings (SSSR count). The molecule has 0 saturated carbocycles. The first-order chi connectivity index (χ1) is 6.78. The number of hydrogen-bond acceptors (Lipinski definition) is 5. The van der Waals surface area contributed by atoms with E-state index >= 15 is 0 Å². The van der Waals surface area contributed by atoms with Crippen molar-refractivity contribution in [1.82, 2.24) is 0 Å². The maximum absolute atomic E-state index is 11.5. The van der Waals surface area contributed by atoms with E-state index in [9.17, 15) is 14.4 Å². The van der Waals surface area contributed by atoms with Crippen LogP contribution in [0.4, 0.5) is 0 Å². The standard InChI is InChI=1S/C10H16O5/c1-6(7(11)8(12)14-4)10(2,3)9(13)15-5/h6H,1-5H3. The lowest BCUT2D eigenvalue weighted by Gasteiger charge is -2.26. The van der Waals surface area contributed by atoms with Crippen LogP contribution in [-0.4, -0.2) is 31.9 Å². The lowest BCUT2D eigenvalue weighted by Crippen LogP contribution is -2.40. The quantitative estimate of drug-likeness (QED) is 0.507. The van der Waals surface area contributed by atoms with Crippen molar-refractivity contribution in [3.05, 3.63) is 0 Å². The highest BCUT2D eigenvalue weighted by Crippen LogP contribution is 2.28. The van der Waals surface area contributed by atoms with Gasteiger partial charge in [0, 0.05) is 5.92 Å². The molecule has 15 heavy (non-hydrogen) atoms. The van der Waals surface area contributed by atoms with Gasteiger partial charge in [-0.3, -0.25) is 9.59 Å². The number of carbonyl (C=O) groups is 3. The number of hydrogen-bond donors (Lipinski definition) is 0. The van der Waals surface area contributed by atoms with Crippen molar-refractivity contribution in [2.45, 2.75) is 20.8 Å². The first-order valence-electron chi connectivity index (χ1n) is 4.49. The van der Waals surface area contributed by atoms with Crippen molar-refractivity contribution >= 4 is 17.7 Å². The zero-order valence-electron chi connectivity index (χ0n) is 9.62. The van der Waals surface area contributed by atoms with E-state index in [4.69, 9.17) is 0 Å². The van der Waals surface area contributed by atoms with E-state index < -0.39 is 29.1 Å². The molecule has 0 aliphatic heterocycles. The Morgan fingerprint density at radius 2 is 1.53 bits per heavy atom. The average Bonchev–Trinajstić information content (AvgIpc) is 2.24. The molecule has 86 valence electrons. The maximum Gasteiger partial charge on any atom is 0.374 e. The van der Waals surface area contributed by atoms with E-state index in [0.717, 1.165) is 7.11 Å². The number of rotatable bonds is 4. The summed E-state index contributed by atoms with van der Waals surface area (Å²) in [5, 5.41) is 0. The van der Waals surface area contributed by atoms with E-state index in [1.165, 1.54) is 14.0 Å². The summed E-state index contributed by atoms with van der Waals surface area (Å²) in [5.74, 6) is -2.99. The molecule has 0 amide bonds. The number of methoxy groups -OCH3 is 2. The Kier molecular flexibility index (Phi) is 4.45. The second-order valence-electron chi connectivity index (χ2n) is 3.79. The third-order valence-corrected chi connectivity index (χ3v) is 2.57. The molecular formula is C10H16O5. The number of Topliss-reactive ketones (excluding diaryl/α,β-unsaturated/α-hetero) is 1. The second kappa shape index (κ2) is 4.91. The van der Waals surface area contributed by atoms with Crippen LogP contribution in [0.3, 0.4) is 0 Å². The van der Waals surface area contributed by atoms with E-state index in [1.807, 2.05) is 0 Å². The normalized spacial score (nSPS) is 12.9. The molecule has 0 fully saturated rings. The molecule has 1 atom stereocenters. The minimum Gasteiger partial charge on any atom is -0.469 e. The molecule has 0 aromatic carbocycles. The summed E-state index contributed by atoms with van der Waals surface area (Å²) < 4.78 is 8.86. The van der Waals surface area contributed by atoms with Crippen LogP contribution in [0.15, 0.2) is 0 Å². The summed E-state index contributed by atoms with van der Waals surface area (Å²) in [5.41, 5.74) is -1.04. The zero-order chi connectivity index (χ0) is 12.2. The van der Waals surface area contributed by atoms with Crippen LogP contribution in [0, 0.1) is 11.3 Å². The third kappa shape index (κ3) is 2.78. The molecule has 0 aromatic rings. The monoisotopic (exact) mass is 216 g/mol. The average molecular weight is 216 g/mol. The molecule has 0 spiro atoms. The first-order valence-corrected chi connectivity index (χ1v) is 4.49. The highest BCUT2D eigenvalue weighted by atomic mass is 16.5. The van der Waals surface area contributed by atoms with Gasteiger partial charge >= 0.3 is 11.9 Å². The largest absolute Gasteiger partial charge is 0.469 e. The summed E-state index contributed by atoms with van der Waals surface area (Å²) >= 11 is 0. The van der Waals surface area contributed by atoms with E-state index in [-0.39, 0.29) is 0 Å². The van der Waals surface area contributed by atoms with Crippen molar-refractivity contribution in [1.29, 1.82) is 0 Å². The molecule has 0 saturated heterocycles. The first kappa shape index (κ1) is 13.6. The van der Waals surface area contributed by atoms with Crippen LogP contribution in [-0.2, 0) is 23.9 Å². The van der Waals surface area contributed by atoms with Gasteiger partial charge in [0.2, 0.25) is 5.78 Å². The van der Waals surface area contributed by atoms with Gasteiger partial charge in [-0.1, -0.05) is 6.92 Å². The van der Waals surface area contributed by atoms with Gasteiger partial charge in [-0.15, -0.1) is 0 Å². The van der Waals surface area contributed by atoms with Gasteiger partial charge in [-0.25, -0.2) is 4.79 Å². The summed E-state index contributed by atoms with van der Waals surface area (Å²) in [7, 11) is 2.36. The number of ketones is 1. The molecule has 0 heterocycles. The number of carbonyl (C=O) groups excluding carboxylic acids is 3. The molecule has 0 N–H and O–H groups in total. The van der Waals surface area contributed by atoms with Crippen LogP contribution in [0.5, 0.6) is 0 Å². The van der Waals surface area contributed by atoms with E-state index in [1.54, 1.807) is 13.8 Å². The molecule has 0 bridgehead atoms. The van der Waals surface area contributed by atoms with Gasteiger partial charge in [0.15, 0.2) is 0 Å². The Hall–Kier alpha value is -1.39. The van der Waals surface area contributed by atoms with Gasteiger partial charge in [-0.05, 0) is 13.8 Å². The molecule has 5 nitrogen and oxygen atoms in total. The molecule has 1 unspecified atom stereocenters. The Morgan fingerprint density at radius 3 is 1.87 bits per heavy atom. The Morgan fingerprint density at radius 1 is 1.07 bits per heavy atom. The van der Waals surface area contributed by atoms with Crippen LogP contribution >= 0.6 is 0 Å². The molecule has 0 aliphatic carbocycles.